The number of aromatic nitrogens is 1. The summed E-state index contributed by atoms with van der Waals surface area (Å²) in [6, 6.07) is 9.54. The second kappa shape index (κ2) is 7.85. The van der Waals surface area contributed by atoms with E-state index >= 15 is 0 Å². The van der Waals surface area contributed by atoms with Crippen molar-refractivity contribution in [2.45, 2.75) is 6.42 Å². The Hall–Kier alpha value is -3.13. The average molecular weight is 400 g/mol. The van der Waals surface area contributed by atoms with Crippen molar-refractivity contribution in [3.63, 3.8) is 0 Å². The van der Waals surface area contributed by atoms with Crippen molar-refractivity contribution in [2.24, 2.45) is 0 Å². The minimum atomic E-state index is -0.321. The van der Waals surface area contributed by atoms with Gasteiger partial charge >= 0.3 is 0 Å². The molecule has 2 heterocycles. The monoisotopic (exact) mass is 400 g/mol. The Labute approximate surface area is 164 Å². The number of rotatable bonds is 5. The van der Waals surface area contributed by atoms with Crippen LogP contribution < -0.4 is 19.5 Å². The van der Waals surface area contributed by atoms with E-state index in [-0.39, 0.29) is 11.7 Å². The molecule has 1 aliphatic rings. The van der Waals surface area contributed by atoms with E-state index in [2.05, 4.69) is 10.3 Å². The molecule has 6 nitrogen and oxygen atoms in total. The van der Waals surface area contributed by atoms with Gasteiger partial charge in [0.1, 0.15) is 19.0 Å². The molecule has 1 aromatic heterocycles. The smallest absolute Gasteiger partial charge is 0.257 e. The SMILES string of the molecule is COc1cc(C(=O)Nc2ncc(Cc3ccc(F)cc3)s2)cc2c1OCCO2. The van der Waals surface area contributed by atoms with Crippen molar-refractivity contribution in [1.82, 2.24) is 4.98 Å². The minimum absolute atomic E-state index is 0.268. The summed E-state index contributed by atoms with van der Waals surface area (Å²) < 4.78 is 29.4. The number of anilines is 1. The van der Waals surface area contributed by atoms with Crippen LogP contribution in [-0.4, -0.2) is 31.2 Å². The third-order valence-electron chi connectivity index (χ3n) is 4.16. The zero-order valence-corrected chi connectivity index (χ0v) is 15.8. The first-order valence-electron chi connectivity index (χ1n) is 8.60. The molecule has 0 bridgehead atoms. The molecule has 0 unspecified atom stereocenters. The van der Waals surface area contributed by atoms with Gasteiger partial charge in [-0.3, -0.25) is 10.1 Å². The molecule has 8 heteroatoms. The van der Waals surface area contributed by atoms with Crippen molar-refractivity contribution in [3.8, 4) is 17.2 Å². The summed E-state index contributed by atoms with van der Waals surface area (Å²) in [5.74, 6) is 0.834. The Bertz CT molecular complexity index is 987. The average Bonchev–Trinajstić information content (AvgIpc) is 3.15. The molecular formula is C20H17FN2O4S. The van der Waals surface area contributed by atoms with Gasteiger partial charge in [0.15, 0.2) is 16.6 Å². The number of fused-ring (bicyclic) bond motifs is 1. The summed E-state index contributed by atoms with van der Waals surface area (Å²) in [7, 11) is 1.51. The highest BCUT2D eigenvalue weighted by molar-refractivity contribution is 7.15. The van der Waals surface area contributed by atoms with Gasteiger partial charge in [0.05, 0.1) is 7.11 Å². The van der Waals surface area contributed by atoms with E-state index in [9.17, 15) is 9.18 Å². The van der Waals surface area contributed by atoms with Crippen LogP contribution >= 0.6 is 11.3 Å². The van der Waals surface area contributed by atoms with Crippen LogP contribution in [0.2, 0.25) is 0 Å². The molecule has 0 saturated heterocycles. The predicted octanol–water partition coefficient (Wildman–Crippen LogP) is 3.91. The topological polar surface area (TPSA) is 69.7 Å². The maximum atomic E-state index is 13.0. The van der Waals surface area contributed by atoms with Gasteiger partial charge in [0.25, 0.3) is 5.91 Å². The lowest BCUT2D eigenvalue weighted by atomic mass is 10.1. The molecule has 0 aliphatic carbocycles. The first-order chi connectivity index (χ1) is 13.6. The Morgan fingerprint density at radius 2 is 2.04 bits per heavy atom. The van der Waals surface area contributed by atoms with E-state index in [1.807, 2.05) is 0 Å². The van der Waals surface area contributed by atoms with Crippen LogP contribution in [0.4, 0.5) is 9.52 Å². The molecular weight excluding hydrogens is 383 g/mol. The number of nitrogens with zero attached hydrogens (tertiary/aromatic N) is 1. The number of ether oxygens (including phenoxy) is 3. The molecule has 1 aliphatic heterocycles. The van der Waals surface area contributed by atoms with Crippen LogP contribution in [-0.2, 0) is 6.42 Å². The maximum Gasteiger partial charge on any atom is 0.257 e. The van der Waals surface area contributed by atoms with Crippen LogP contribution in [0.5, 0.6) is 17.2 Å². The molecule has 4 rings (SSSR count). The number of thiazole rings is 1. The van der Waals surface area contributed by atoms with Gasteiger partial charge in [0.2, 0.25) is 5.75 Å². The largest absolute Gasteiger partial charge is 0.493 e. The molecule has 1 N–H and O–H groups in total. The van der Waals surface area contributed by atoms with Crippen molar-refractivity contribution in [1.29, 1.82) is 0 Å². The number of hydrogen-bond acceptors (Lipinski definition) is 6. The highest BCUT2D eigenvalue weighted by atomic mass is 32.1. The van der Waals surface area contributed by atoms with Gasteiger partial charge in [-0.2, -0.15) is 0 Å². The molecule has 0 fully saturated rings. The fraction of sp³-hybridized carbons (Fsp3) is 0.200. The standard InChI is InChI=1S/C20H17FN2O4S/c1-25-16-9-13(10-17-18(16)27-7-6-26-17)19(24)23-20-22-11-15(28-20)8-12-2-4-14(21)5-3-12/h2-5,9-11H,6-8H2,1H3,(H,22,23,24). The van der Waals surface area contributed by atoms with E-state index in [0.717, 1.165) is 10.4 Å². The summed E-state index contributed by atoms with van der Waals surface area (Å²) in [4.78, 5) is 17.8. The number of hydrogen-bond donors (Lipinski definition) is 1. The lowest BCUT2D eigenvalue weighted by Crippen LogP contribution is -2.18. The minimum Gasteiger partial charge on any atom is -0.493 e. The summed E-state index contributed by atoms with van der Waals surface area (Å²) in [5, 5.41) is 3.27. The molecule has 3 aromatic rings. The van der Waals surface area contributed by atoms with E-state index in [1.165, 1.54) is 30.6 Å². The van der Waals surface area contributed by atoms with Crippen LogP contribution in [0.15, 0.2) is 42.6 Å². The number of amides is 1. The van der Waals surface area contributed by atoms with Crippen molar-refractivity contribution < 1.29 is 23.4 Å². The number of benzene rings is 2. The van der Waals surface area contributed by atoms with E-state index in [1.54, 1.807) is 30.5 Å². The number of carbonyl (C=O) groups is 1. The number of halogens is 1. The number of nitrogens with one attached hydrogen (secondary N) is 1. The van der Waals surface area contributed by atoms with Gasteiger partial charge in [-0.1, -0.05) is 12.1 Å². The van der Waals surface area contributed by atoms with Crippen molar-refractivity contribution in [3.05, 3.63) is 64.4 Å². The molecule has 0 radical (unpaired) electrons. The van der Waals surface area contributed by atoms with Gasteiger partial charge < -0.3 is 14.2 Å². The zero-order valence-electron chi connectivity index (χ0n) is 15.0. The highest BCUT2D eigenvalue weighted by Crippen LogP contribution is 2.40. The highest BCUT2D eigenvalue weighted by Gasteiger charge is 2.21. The Morgan fingerprint density at radius 3 is 2.82 bits per heavy atom. The second-order valence-electron chi connectivity index (χ2n) is 6.09. The van der Waals surface area contributed by atoms with Crippen molar-refractivity contribution in [2.75, 3.05) is 25.6 Å². The zero-order chi connectivity index (χ0) is 19.5. The fourth-order valence-electron chi connectivity index (χ4n) is 2.82. The summed E-state index contributed by atoms with van der Waals surface area (Å²) in [6.45, 7) is 0.852. The van der Waals surface area contributed by atoms with Gasteiger partial charge in [-0.05, 0) is 29.8 Å². The van der Waals surface area contributed by atoms with Crippen LogP contribution in [0.1, 0.15) is 20.8 Å². The normalized spacial score (nSPS) is 12.5. The van der Waals surface area contributed by atoms with E-state index < -0.39 is 0 Å². The summed E-state index contributed by atoms with van der Waals surface area (Å²) in [6.07, 6.45) is 2.32. The molecule has 144 valence electrons. The molecule has 0 spiro atoms. The lowest BCUT2D eigenvalue weighted by molar-refractivity contribution is 0.102. The second-order valence-corrected chi connectivity index (χ2v) is 7.21. The maximum absolute atomic E-state index is 13.0. The van der Waals surface area contributed by atoms with E-state index in [4.69, 9.17) is 14.2 Å². The third-order valence-corrected chi connectivity index (χ3v) is 5.07. The first-order valence-corrected chi connectivity index (χ1v) is 9.42. The lowest BCUT2D eigenvalue weighted by Gasteiger charge is -2.21. The molecule has 0 atom stereocenters. The number of carbonyl (C=O) groups excluding carboxylic acids is 1. The Kier molecular flexibility index (Phi) is 5.12. The molecule has 28 heavy (non-hydrogen) atoms. The summed E-state index contributed by atoms with van der Waals surface area (Å²) in [5.41, 5.74) is 1.36. The van der Waals surface area contributed by atoms with Gasteiger partial charge in [-0.15, -0.1) is 11.3 Å². The van der Waals surface area contributed by atoms with Gasteiger partial charge in [-0.25, -0.2) is 9.37 Å². The quantitative estimate of drug-likeness (QED) is 0.703. The molecule has 0 saturated carbocycles. The van der Waals surface area contributed by atoms with Crippen LogP contribution in [0, 0.1) is 5.82 Å². The Morgan fingerprint density at radius 1 is 1.25 bits per heavy atom. The summed E-state index contributed by atoms with van der Waals surface area (Å²) >= 11 is 1.37. The van der Waals surface area contributed by atoms with Crippen molar-refractivity contribution >= 4 is 22.4 Å². The number of methoxy groups -OCH3 is 1. The van der Waals surface area contributed by atoms with Crippen LogP contribution in [0.25, 0.3) is 0 Å². The fourth-order valence-corrected chi connectivity index (χ4v) is 3.67. The molecule has 2 aromatic carbocycles. The van der Waals surface area contributed by atoms with E-state index in [0.29, 0.717) is 47.6 Å². The molecule has 1 amide bonds. The van der Waals surface area contributed by atoms with Gasteiger partial charge in [0, 0.05) is 23.1 Å². The first kappa shape index (κ1) is 18.2. The predicted molar refractivity (Wildman–Crippen MR) is 103 cm³/mol. The Balaban J connectivity index is 1.48. The third kappa shape index (κ3) is 3.91. The van der Waals surface area contributed by atoms with Crippen LogP contribution in [0.3, 0.4) is 0 Å².